The van der Waals surface area contributed by atoms with Crippen molar-refractivity contribution in [2.24, 2.45) is 0 Å². The normalized spacial score (nSPS) is 43.0. The van der Waals surface area contributed by atoms with Crippen LogP contribution >= 0.6 is 0 Å². The van der Waals surface area contributed by atoms with Gasteiger partial charge in [-0.1, -0.05) is 0 Å². The van der Waals surface area contributed by atoms with Gasteiger partial charge >= 0.3 is 0 Å². The molecule has 0 N–H and O–H groups in total. The highest BCUT2D eigenvalue weighted by Gasteiger charge is 2.37. The molecule has 68 valence electrons. The third-order valence-corrected chi connectivity index (χ3v) is 3.89. The first-order valence-electron chi connectivity index (χ1n) is 5.41. The molecular weight excluding hydrogens is 148 g/mol. The van der Waals surface area contributed by atoms with Crippen molar-refractivity contribution >= 4 is 0 Å². The third-order valence-electron chi connectivity index (χ3n) is 3.89. The van der Waals surface area contributed by atoms with Gasteiger partial charge in [-0.25, -0.2) is 0 Å². The summed E-state index contributed by atoms with van der Waals surface area (Å²) in [6.45, 7) is 5.53. The fourth-order valence-corrected chi connectivity index (χ4v) is 3.23. The second-order valence-corrected chi connectivity index (χ2v) is 4.58. The fraction of sp³-hybridized carbons (Fsp3) is 1.00. The van der Waals surface area contributed by atoms with Crippen LogP contribution in [-0.2, 0) is 0 Å². The number of hydrogen-bond donors (Lipinski definition) is 0. The minimum atomic E-state index is 0.930. The Morgan fingerprint density at radius 2 is 1.25 bits per heavy atom. The van der Waals surface area contributed by atoms with E-state index in [1.54, 1.807) is 0 Å². The molecule has 3 saturated heterocycles. The van der Waals surface area contributed by atoms with Crippen LogP contribution in [0.2, 0.25) is 0 Å². The molecule has 0 unspecified atom stereocenters. The molecular formula is C10H18N2. The maximum absolute atomic E-state index is 2.73. The summed E-state index contributed by atoms with van der Waals surface area (Å²) in [5.74, 6) is 0. The fourth-order valence-electron chi connectivity index (χ4n) is 3.23. The molecule has 0 aromatic carbocycles. The van der Waals surface area contributed by atoms with Gasteiger partial charge in [-0.05, 0) is 38.8 Å². The highest BCUT2D eigenvalue weighted by atomic mass is 15.3. The average molecular weight is 166 g/mol. The highest BCUT2D eigenvalue weighted by molar-refractivity contribution is 4.94. The summed E-state index contributed by atoms with van der Waals surface area (Å²) < 4.78 is 0. The zero-order chi connectivity index (χ0) is 7.97. The van der Waals surface area contributed by atoms with Gasteiger partial charge in [-0.15, -0.1) is 0 Å². The van der Waals surface area contributed by atoms with Gasteiger partial charge < -0.3 is 0 Å². The summed E-state index contributed by atoms with van der Waals surface area (Å²) in [4.78, 5) is 5.46. The van der Waals surface area contributed by atoms with E-state index in [0.29, 0.717) is 0 Å². The predicted octanol–water partition coefficient (Wildman–Crippen LogP) is 0.929. The van der Waals surface area contributed by atoms with E-state index in [1.165, 1.54) is 51.9 Å². The molecule has 3 fully saturated rings. The summed E-state index contributed by atoms with van der Waals surface area (Å²) in [5.41, 5.74) is 0. The molecule has 0 aromatic rings. The maximum Gasteiger partial charge on any atom is 0.0224 e. The standard InChI is InChI=1S/C10H18N2/c1-3-9-7-12-6-2-4-10(12)8-11(9)5-1/h9-10H,1-8H2/t9-,10-/m0/s1. The largest absolute Gasteiger partial charge is 0.298 e. The topological polar surface area (TPSA) is 6.48 Å². The van der Waals surface area contributed by atoms with E-state index in [4.69, 9.17) is 0 Å². The van der Waals surface area contributed by atoms with Crippen LogP contribution in [0.5, 0.6) is 0 Å². The van der Waals surface area contributed by atoms with Gasteiger partial charge in [0.1, 0.15) is 0 Å². The second kappa shape index (κ2) is 2.71. The van der Waals surface area contributed by atoms with Crippen molar-refractivity contribution in [2.45, 2.75) is 37.8 Å². The lowest BCUT2D eigenvalue weighted by molar-refractivity contribution is 0.0788. The van der Waals surface area contributed by atoms with Crippen molar-refractivity contribution in [1.82, 2.24) is 9.80 Å². The van der Waals surface area contributed by atoms with Crippen LogP contribution in [0.4, 0.5) is 0 Å². The first-order valence-corrected chi connectivity index (χ1v) is 5.41. The quantitative estimate of drug-likeness (QED) is 0.528. The lowest BCUT2D eigenvalue weighted by Gasteiger charge is -2.40. The van der Waals surface area contributed by atoms with E-state index in [1.807, 2.05) is 0 Å². The molecule has 2 nitrogen and oxygen atoms in total. The molecule has 2 atom stereocenters. The first kappa shape index (κ1) is 7.34. The van der Waals surface area contributed by atoms with E-state index >= 15 is 0 Å². The van der Waals surface area contributed by atoms with Crippen molar-refractivity contribution in [3.63, 3.8) is 0 Å². The minimum absolute atomic E-state index is 0.930. The van der Waals surface area contributed by atoms with Crippen LogP contribution in [0.25, 0.3) is 0 Å². The van der Waals surface area contributed by atoms with Gasteiger partial charge in [0, 0.05) is 25.2 Å². The SMILES string of the molecule is C1C[C@H]2CN3CCC[C@H]3CN2C1. The van der Waals surface area contributed by atoms with Crippen molar-refractivity contribution < 1.29 is 0 Å². The van der Waals surface area contributed by atoms with Crippen LogP contribution in [0.3, 0.4) is 0 Å². The number of nitrogens with zero attached hydrogens (tertiary/aromatic N) is 2. The molecule has 3 rings (SSSR count). The lowest BCUT2D eigenvalue weighted by Crippen LogP contribution is -2.53. The smallest absolute Gasteiger partial charge is 0.0224 e. The van der Waals surface area contributed by atoms with E-state index in [0.717, 1.165) is 12.1 Å². The molecule has 3 aliphatic heterocycles. The van der Waals surface area contributed by atoms with Gasteiger partial charge in [0.25, 0.3) is 0 Å². The first-order chi connectivity index (χ1) is 5.93. The summed E-state index contributed by atoms with van der Waals surface area (Å²) in [5, 5.41) is 0. The molecule has 0 bridgehead atoms. The van der Waals surface area contributed by atoms with Gasteiger partial charge in [0.05, 0.1) is 0 Å². The van der Waals surface area contributed by atoms with E-state index in [2.05, 4.69) is 9.80 Å². The Bertz CT molecular complexity index is 145. The van der Waals surface area contributed by atoms with Crippen LogP contribution in [0.1, 0.15) is 25.7 Å². The van der Waals surface area contributed by atoms with Crippen LogP contribution in [-0.4, -0.2) is 48.1 Å². The van der Waals surface area contributed by atoms with Crippen LogP contribution in [0.15, 0.2) is 0 Å². The molecule has 0 aliphatic carbocycles. The van der Waals surface area contributed by atoms with Crippen LogP contribution < -0.4 is 0 Å². The van der Waals surface area contributed by atoms with Crippen molar-refractivity contribution in [3.8, 4) is 0 Å². The Hall–Kier alpha value is -0.0800. The Labute approximate surface area is 74.5 Å². The summed E-state index contributed by atoms with van der Waals surface area (Å²) >= 11 is 0. The number of rotatable bonds is 0. The second-order valence-electron chi connectivity index (χ2n) is 4.58. The average Bonchev–Trinajstić information content (AvgIpc) is 2.64. The maximum atomic E-state index is 2.73. The number of hydrogen-bond acceptors (Lipinski definition) is 2. The van der Waals surface area contributed by atoms with Crippen molar-refractivity contribution in [1.29, 1.82) is 0 Å². The lowest BCUT2D eigenvalue weighted by atomic mass is 10.1. The monoisotopic (exact) mass is 166 g/mol. The van der Waals surface area contributed by atoms with Crippen molar-refractivity contribution in [2.75, 3.05) is 26.2 Å². The molecule has 2 heteroatoms. The Kier molecular flexibility index (Phi) is 1.66. The molecule has 0 aromatic heterocycles. The zero-order valence-electron chi connectivity index (χ0n) is 7.71. The minimum Gasteiger partial charge on any atom is -0.298 e. The van der Waals surface area contributed by atoms with Crippen LogP contribution in [0, 0.1) is 0 Å². The number of fused-ring (bicyclic) bond motifs is 2. The van der Waals surface area contributed by atoms with Crippen molar-refractivity contribution in [3.05, 3.63) is 0 Å². The number of piperazine rings is 1. The molecule has 12 heavy (non-hydrogen) atoms. The highest BCUT2D eigenvalue weighted by Crippen LogP contribution is 2.29. The Morgan fingerprint density at radius 3 is 1.75 bits per heavy atom. The predicted molar refractivity (Wildman–Crippen MR) is 49.2 cm³/mol. The molecule has 3 aliphatic rings. The van der Waals surface area contributed by atoms with Gasteiger partial charge in [-0.3, -0.25) is 9.80 Å². The third kappa shape index (κ3) is 1.01. The van der Waals surface area contributed by atoms with E-state index < -0.39 is 0 Å². The molecule has 0 spiro atoms. The Morgan fingerprint density at radius 1 is 0.750 bits per heavy atom. The van der Waals surface area contributed by atoms with E-state index in [9.17, 15) is 0 Å². The van der Waals surface area contributed by atoms with Gasteiger partial charge in [0.15, 0.2) is 0 Å². The molecule has 0 saturated carbocycles. The zero-order valence-corrected chi connectivity index (χ0v) is 7.71. The Balaban J connectivity index is 1.75. The molecule has 0 radical (unpaired) electrons. The van der Waals surface area contributed by atoms with Gasteiger partial charge in [-0.2, -0.15) is 0 Å². The molecule has 3 heterocycles. The van der Waals surface area contributed by atoms with E-state index in [-0.39, 0.29) is 0 Å². The summed E-state index contributed by atoms with van der Waals surface area (Å²) in [6.07, 6.45) is 5.82. The molecule has 0 amide bonds. The van der Waals surface area contributed by atoms with Gasteiger partial charge in [0.2, 0.25) is 0 Å². The summed E-state index contributed by atoms with van der Waals surface area (Å²) in [7, 11) is 0. The summed E-state index contributed by atoms with van der Waals surface area (Å²) in [6, 6.07) is 1.86.